The highest BCUT2D eigenvalue weighted by molar-refractivity contribution is 6.31. The van der Waals surface area contributed by atoms with Crippen molar-refractivity contribution in [1.29, 1.82) is 0 Å². The van der Waals surface area contributed by atoms with Crippen molar-refractivity contribution in [2.45, 2.75) is 66.2 Å². The molecule has 0 saturated carbocycles. The molecule has 0 amide bonds. The second kappa shape index (κ2) is 9.88. The molecule has 0 aliphatic carbocycles. The minimum atomic E-state index is 0.0654. The fourth-order valence-electron chi connectivity index (χ4n) is 2.57. The van der Waals surface area contributed by atoms with Gasteiger partial charge in [0.05, 0.1) is 0 Å². The third-order valence-corrected chi connectivity index (χ3v) is 5.43. The minimum absolute atomic E-state index is 0.0654. The van der Waals surface area contributed by atoms with Crippen molar-refractivity contribution in [1.82, 2.24) is 0 Å². The fourth-order valence-corrected chi connectivity index (χ4v) is 3.39. The predicted molar refractivity (Wildman–Crippen MR) is 90.1 cm³/mol. The van der Waals surface area contributed by atoms with E-state index in [4.69, 9.17) is 23.2 Å². The molecule has 2 atom stereocenters. The lowest BCUT2D eigenvalue weighted by Gasteiger charge is -2.36. The first-order valence-corrected chi connectivity index (χ1v) is 8.43. The Morgan fingerprint density at radius 2 is 2.00 bits per heavy atom. The number of unbranched alkanes of at least 4 members (excludes halogenated alkanes) is 1. The highest BCUT2D eigenvalue weighted by atomic mass is 35.5. The largest absolute Gasteiger partial charge is 0.122 e. The quantitative estimate of drug-likeness (QED) is 0.233. The number of rotatable bonds is 10. The van der Waals surface area contributed by atoms with Gasteiger partial charge in [-0.05, 0) is 37.2 Å². The molecule has 0 N–H and O–H groups in total. The zero-order valence-electron chi connectivity index (χ0n) is 13.1. The van der Waals surface area contributed by atoms with Crippen LogP contribution in [0.4, 0.5) is 0 Å². The lowest BCUT2D eigenvalue weighted by atomic mass is 9.72. The van der Waals surface area contributed by atoms with Crippen LogP contribution in [0.5, 0.6) is 0 Å². The summed E-state index contributed by atoms with van der Waals surface area (Å²) in [6.45, 7) is 12.8. The molecule has 0 fully saturated rings. The summed E-state index contributed by atoms with van der Waals surface area (Å²) in [5.74, 6) is 1.14. The van der Waals surface area contributed by atoms with Gasteiger partial charge < -0.3 is 0 Å². The van der Waals surface area contributed by atoms with Gasteiger partial charge in [0.1, 0.15) is 0 Å². The van der Waals surface area contributed by atoms with E-state index in [-0.39, 0.29) is 5.41 Å². The van der Waals surface area contributed by atoms with Gasteiger partial charge in [-0.3, -0.25) is 0 Å². The SMILES string of the molecule is C=CCCCC(CCl)=C(Cl)C(C)(CC)C(C)CCC. The van der Waals surface area contributed by atoms with Crippen molar-refractivity contribution >= 4 is 23.2 Å². The molecule has 0 aliphatic heterocycles. The number of alkyl halides is 1. The van der Waals surface area contributed by atoms with Crippen LogP contribution in [0.15, 0.2) is 23.3 Å². The summed E-state index contributed by atoms with van der Waals surface area (Å²) in [6, 6.07) is 0. The summed E-state index contributed by atoms with van der Waals surface area (Å²) in [7, 11) is 0. The maximum absolute atomic E-state index is 6.73. The molecule has 2 heteroatoms. The normalized spacial score (nSPS) is 17.6. The Hall–Kier alpha value is 0.0600. The van der Waals surface area contributed by atoms with Crippen LogP contribution in [0.25, 0.3) is 0 Å². The van der Waals surface area contributed by atoms with E-state index in [0.29, 0.717) is 11.8 Å². The van der Waals surface area contributed by atoms with Gasteiger partial charge in [-0.1, -0.05) is 58.2 Å². The molecule has 0 nitrogen and oxygen atoms in total. The Labute approximate surface area is 130 Å². The van der Waals surface area contributed by atoms with Gasteiger partial charge in [-0.15, -0.1) is 18.2 Å². The van der Waals surface area contributed by atoms with Crippen LogP contribution >= 0.6 is 23.2 Å². The van der Waals surface area contributed by atoms with Crippen molar-refractivity contribution < 1.29 is 0 Å². The average Bonchev–Trinajstić information content (AvgIpc) is 2.42. The summed E-state index contributed by atoms with van der Waals surface area (Å²) in [5.41, 5.74) is 1.29. The third kappa shape index (κ3) is 5.52. The number of hydrogen-bond donors (Lipinski definition) is 0. The van der Waals surface area contributed by atoms with Gasteiger partial charge in [0.25, 0.3) is 0 Å². The zero-order chi connectivity index (χ0) is 14.9. The van der Waals surface area contributed by atoms with E-state index in [1.165, 1.54) is 18.4 Å². The van der Waals surface area contributed by atoms with Crippen LogP contribution in [0.3, 0.4) is 0 Å². The van der Waals surface area contributed by atoms with Crippen LogP contribution in [0.1, 0.15) is 66.2 Å². The van der Waals surface area contributed by atoms with Gasteiger partial charge in [-0.25, -0.2) is 0 Å². The summed E-state index contributed by atoms with van der Waals surface area (Å²) in [6.07, 6.45) is 8.54. The van der Waals surface area contributed by atoms with Crippen LogP contribution in [-0.4, -0.2) is 5.88 Å². The molecule has 0 radical (unpaired) electrons. The topological polar surface area (TPSA) is 0 Å². The average molecular weight is 305 g/mol. The van der Waals surface area contributed by atoms with Crippen molar-refractivity contribution in [3.63, 3.8) is 0 Å². The first-order chi connectivity index (χ1) is 8.97. The van der Waals surface area contributed by atoms with Gasteiger partial charge in [0, 0.05) is 16.3 Å². The zero-order valence-corrected chi connectivity index (χ0v) is 14.6. The number of hydrogen-bond acceptors (Lipinski definition) is 0. The summed E-state index contributed by atoms with van der Waals surface area (Å²) < 4.78 is 0. The molecule has 0 aromatic carbocycles. The van der Waals surface area contributed by atoms with Crippen LogP contribution in [-0.2, 0) is 0 Å². The third-order valence-electron chi connectivity index (χ3n) is 4.40. The highest BCUT2D eigenvalue weighted by Gasteiger charge is 2.33. The number of halogens is 2. The van der Waals surface area contributed by atoms with E-state index in [1.807, 2.05) is 6.08 Å². The van der Waals surface area contributed by atoms with Crippen LogP contribution < -0.4 is 0 Å². The van der Waals surface area contributed by atoms with E-state index in [2.05, 4.69) is 34.3 Å². The molecule has 0 heterocycles. The molecule has 0 spiro atoms. The fraction of sp³-hybridized carbons (Fsp3) is 0.765. The molecule has 19 heavy (non-hydrogen) atoms. The van der Waals surface area contributed by atoms with Gasteiger partial charge >= 0.3 is 0 Å². The summed E-state index contributed by atoms with van der Waals surface area (Å²) in [4.78, 5) is 0. The monoisotopic (exact) mass is 304 g/mol. The van der Waals surface area contributed by atoms with E-state index < -0.39 is 0 Å². The molecule has 112 valence electrons. The molecule has 0 bridgehead atoms. The first-order valence-electron chi connectivity index (χ1n) is 7.52. The molecule has 0 aliphatic rings. The van der Waals surface area contributed by atoms with Crippen LogP contribution in [0.2, 0.25) is 0 Å². The van der Waals surface area contributed by atoms with E-state index in [9.17, 15) is 0 Å². The second-order valence-corrected chi connectivity index (χ2v) is 6.34. The predicted octanol–water partition coefficient (Wildman–Crippen LogP) is 6.93. The molecule has 2 unspecified atom stereocenters. The Kier molecular flexibility index (Phi) is 9.92. The maximum Gasteiger partial charge on any atom is 0.0447 e. The lowest BCUT2D eigenvalue weighted by molar-refractivity contribution is 0.240. The molecule has 0 aromatic rings. The van der Waals surface area contributed by atoms with Crippen molar-refractivity contribution in [3.8, 4) is 0 Å². The first kappa shape index (κ1) is 19.1. The Morgan fingerprint density at radius 1 is 1.37 bits per heavy atom. The van der Waals surface area contributed by atoms with Gasteiger partial charge in [0.2, 0.25) is 0 Å². The molecular weight excluding hydrogens is 275 g/mol. The molecular formula is C17H30Cl2. The van der Waals surface area contributed by atoms with Crippen LogP contribution in [0, 0.1) is 11.3 Å². The van der Waals surface area contributed by atoms with Gasteiger partial charge in [-0.2, -0.15) is 0 Å². The molecule has 0 saturated heterocycles. The van der Waals surface area contributed by atoms with Crippen molar-refractivity contribution in [2.24, 2.45) is 11.3 Å². The van der Waals surface area contributed by atoms with E-state index in [0.717, 1.165) is 30.7 Å². The Bertz CT molecular complexity index is 294. The number of allylic oxidation sites excluding steroid dienone is 3. The standard InChI is InChI=1S/C17H30Cl2/c1-6-9-10-12-15(13-18)16(19)17(5,8-3)14(4)11-7-2/h6,14H,1,7-13H2,2-5H3. The smallest absolute Gasteiger partial charge is 0.0447 e. The van der Waals surface area contributed by atoms with E-state index in [1.54, 1.807) is 0 Å². The van der Waals surface area contributed by atoms with Gasteiger partial charge in [0.15, 0.2) is 0 Å². The second-order valence-electron chi connectivity index (χ2n) is 5.69. The van der Waals surface area contributed by atoms with Crippen molar-refractivity contribution in [3.05, 3.63) is 23.3 Å². The van der Waals surface area contributed by atoms with Crippen molar-refractivity contribution in [2.75, 3.05) is 5.88 Å². The highest BCUT2D eigenvalue weighted by Crippen LogP contribution is 2.45. The Morgan fingerprint density at radius 3 is 2.42 bits per heavy atom. The molecule has 0 rings (SSSR count). The molecule has 0 aromatic heterocycles. The minimum Gasteiger partial charge on any atom is -0.122 e. The summed E-state index contributed by atoms with van der Waals surface area (Å²) >= 11 is 12.9. The Balaban J connectivity index is 5.10. The maximum atomic E-state index is 6.73. The van der Waals surface area contributed by atoms with E-state index >= 15 is 0 Å². The summed E-state index contributed by atoms with van der Waals surface area (Å²) in [5, 5.41) is 1.01. The lowest BCUT2D eigenvalue weighted by Crippen LogP contribution is -2.26.